The van der Waals surface area contributed by atoms with Gasteiger partial charge in [0.15, 0.2) is 0 Å². The molecule has 0 radical (unpaired) electrons. The largest absolute Gasteiger partial charge is 0.379 e. The predicted octanol–water partition coefficient (Wildman–Crippen LogP) is 0.233. The van der Waals surface area contributed by atoms with E-state index in [0.717, 1.165) is 4.31 Å². The number of ether oxygens (including phenoxy) is 1. The number of aryl methyl sites for hydroxylation is 1. The summed E-state index contributed by atoms with van der Waals surface area (Å²) in [4.78, 5) is 0.0316. The molecule has 1 aromatic rings. The molecule has 1 heterocycles. The summed E-state index contributed by atoms with van der Waals surface area (Å²) in [7, 11) is -2.99. The summed E-state index contributed by atoms with van der Waals surface area (Å²) in [6, 6.07) is 4.35. The van der Waals surface area contributed by atoms with Gasteiger partial charge in [0, 0.05) is 34.3 Å². The van der Waals surface area contributed by atoms with Crippen LogP contribution in [0.1, 0.15) is 5.56 Å². The van der Waals surface area contributed by atoms with E-state index in [-0.39, 0.29) is 29.8 Å². The second-order valence-electron chi connectivity index (χ2n) is 5.55. The molecule has 1 saturated heterocycles. The third-order valence-electron chi connectivity index (χ3n) is 3.71. The standard InChI is InChI=1S/C13H21N3O5S2/c1-10-5-6-12(22(17,18)15(2)3)7-13(10)14-23(19,20)16-8-11(9-16)21-4/h5-7,11,14H,8-9H2,1-4H3. The van der Waals surface area contributed by atoms with E-state index >= 15 is 0 Å². The van der Waals surface area contributed by atoms with Crippen molar-refractivity contribution in [2.45, 2.75) is 17.9 Å². The van der Waals surface area contributed by atoms with Crippen molar-refractivity contribution >= 4 is 25.9 Å². The van der Waals surface area contributed by atoms with E-state index in [1.807, 2.05) is 0 Å². The second-order valence-corrected chi connectivity index (χ2v) is 9.37. The third kappa shape index (κ3) is 3.66. The minimum absolute atomic E-state index is 0.0316. The smallest absolute Gasteiger partial charge is 0.301 e. The molecule has 23 heavy (non-hydrogen) atoms. The van der Waals surface area contributed by atoms with Gasteiger partial charge in [-0.05, 0) is 24.6 Å². The Morgan fingerprint density at radius 1 is 1.22 bits per heavy atom. The van der Waals surface area contributed by atoms with Gasteiger partial charge in [0.1, 0.15) is 0 Å². The van der Waals surface area contributed by atoms with Crippen LogP contribution in [-0.4, -0.2) is 65.8 Å². The molecule has 0 saturated carbocycles. The van der Waals surface area contributed by atoms with E-state index in [9.17, 15) is 16.8 Å². The highest BCUT2D eigenvalue weighted by atomic mass is 32.2. The monoisotopic (exact) mass is 363 g/mol. The van der Waals surface area contributed by atoms with Crippen molar-refractivity contribution in [2.75, 3.05) is 39.0 Å². The first-order valence-electron chi connectivity index (χ1n) is 6.92. The van der Waals surface area contributed by atoms with Crippen LogP contribution in [0.2, 0.25) is 0 Å². The normalized spacial score (nSPS) is 17.3. The molecule has 0 unspecified atom stereocenters. The number of hydrogen-bond acceptors (Lipinski definition) is 5. The summed E-state index contributed by atoms with van der Waals surface area (Å²) in [5, 5.41) is 0. The van der Waals surface area contributed by atoms with Crippen LogP contribution in [0.25, 0.3) is 0 Å². The molecule has 1 aliphatic rings. The lowest BCUT2D eigenvalue weighted by Gasteiger charge is -2.36. The SMILES string of the molecule is COC1CN(S(=O)(=O)Nc2cc(S(=O)(=O)N(C)C)ccc2C)C1. The Bertz CT molecular complexity index is 784. The number of hydrogen-bond donors (Lipinski definition) is 1. The minimum atomic E-state index is -3.73. The van der Waals surface area contributed by atoms with Crippen LogP contribution in [0.15, 0.2) is 23.1 Å². The number of nitrogens with zero attached hydrogens (tertiary/aromatic N) is 2. The van der Waals surface area contributed by atoms with E-state index < -0.39 is 20.2 Å². The topological polar surface area (TPSA) is 96.0 Å². The Morgan fingerprint density at radius 2 is 1.83 bits per heavy atom. The number of rotatable bonds is 6. The summed E-state index contributed by atoms with van der Waals surface area (Å²) >= 11 is 0. The Labute approximate surface area is 137 Å². The number of sulfonamides is 1. The predicted molar refractivity (Wildman–Crippen MR) is 87.0 cm³/mol. The van der Waals surface area contributed by atoms with E-state index in [4.69, 9.17) is 4.74 Å². The summed E-state index contributed by atoms with van der Waals surface area (Å²) < 4.78 is 58.7. The van der Waals surface area contributed by atoms with Crippen molar-refractivity contribution < 1.29 is 21.6 Å². The summed E-state index contributed by atoms with van der Waals surface area (Å²) in [6.45, 7) is 2.26. The van der Waals surface area contributed by atoms with Crippen LogP contribution < -0.4 is 4.72 Å². The molecule has 2 rings (SSSR count). The zero-order valence-corrected chi connectivity index (χ0v) is 15.1. The number of anilines is 1. The molecule has 10 heteroatoms. The highest BCUT2D eigenvalue weighted by Gasteiger charge is 2.36. The van der Waals surface area contributed by atoms with Crippen LogP contribution in [0.5, 0.6) is 0 Å². The van der Waals surface area contributed by atoms with Gasteiger partial charge >= 0.3 is 10.2 Å². The molecule has 0 aromatic heterocycles. The average Bonchev–Trinajstić information content (AvgIpc) is 2.39. The van der Waals surface area contributed by atoms with Gasteiger partial charge in [-0.15, -0.1) is 0 Å². The Balaban J connectivity index is 2.27. The maximum atomic E-state index is 12.3. The summed E-state index contributed by atoms with van der Waals surface area (Å²) in [5.41, 5.74) is 0.879. The van der Waals surface area contributed by atoms with Crippen LogP contribution in [0.4, 0.5) is 5.69 Å². The highest BCUT2D eigenvalue weighted by molar-refractivity contribution is 7.90. The van der Waals surface area contributed by atoms with Crippen LogP contribution in [-0.2, 0) is 25.0 Å². The lowest BCUT2D eigenvalue weighted by atomic mass is 10.2. The van der Waals surface area contributed by atoms with Gasteiger partial charge in [0.05, 0.1) is 16.7 Å². The van der Waals surface area contributed by atoms with Crippen molar-refractivity contribution in [3.8, 4) is 0 Å². The lowest BCUT2D eigenvalue weighted by Crippen LogP contribution is -2.55. The van der Waals surface area contributed by atoms with E-state index in [0.29, 0.717) is 5.56 Å². The van der Waals surface area contributed by atoms with Crippen molar-refractivity contribution in [2.24, 2.45) is 0 Å². The molecule has 1 aromatic carbocycles. The molecular formula is C13H21N3O5S2. The summed E-state index contributed by atoms with van der Waals surface area (Å²) in [5.74, 6) is 0. The fourth-order valence-corrected chi connectivity index (χ4v) is 4.31. The van der Waals surface area contributed by atoms with E-state index in [2.05, 4.69) is 4.72 Å². The van der Waals surface area contributed by atoms with Gasteiger partial charge in [0.2, 0.25) is 10.0 Å². The minimum Gasteiger partial charge on any atom is -0.379 e. The second kappa shape index (κ2) is 6.36. The van der Waals surface area contributed by atoms with Crippen LogP contribution in [0.3, 0.4) is 0 Å². The summed E-state index contributed by atoms with van der Waals surface area (Å²) in [6.07, 6.45) is -0.104. The van der Waals surface area contributed by atoms with Gasteiger partial charge in [-0.2, -0.15) is 12.7 Å². The zero-order valence-electron chi connectivity index (χ0n) is 13.5. The van der Waals surface area contributed by atoms with Crippen molar-refractivity contribution in [3.63, 3.8) is 0 Å². The van der Waals surface area contributed by atoms with E-state index in [1.54, 1.807) is 13.0 Å². The third-order valence-corrected chi connectivity index (χ3v) is 6.98. The maximum Gasteiger partial charge on any atom is 0.301 e. The molecule has 0 amide bonds. The van der Waals surface area contributed by atoms with Crippen molar-refractivity contribution in [3.05, 3.63) is 23.8 Å². The zero-order chi connectivity index (χ0) is 17.4. The molecule has 0 atom stereocenters. The molecule has 8 nitrogen and oxygen atoms in total. The van der Waals surface area contributed by atoms with Crippen molar-refractivity contribution in [1.82, 2.24) is 8.61 Å². The van der Waals surface area contributed by atoms with Gasteiger partial charge < -0.3 is 4.74 Å². The fourth-order valence-electron chi connectivity index (χ4n) is 2.03. The average molecular weight is 363 g/mol. The molecule has 0 aliphatic carbocycles. The number of benzene rings is 1. The Hall–Kier alpha value is -1.20. The van der Waals surface area contributed by atoms with Crippen molar-refractivity contribution in [1.29, 1.82) is 0 Å². The fraction of sp³-hybridized carbons (Fsp3) is 0.538. The Morgan fingerprint density at radius 3 is 2.35 bits per heavy atom. The molecular weight excluding hydrogens is 342 g/mol. The first kappa shape index (κ1) is 18.1. The van der Waals surface area contributed by atoms with Gasteiger partial charge in [-0.25, -0.2) is 12.7 Å². The van der Waals surface area contributed by atoms with Crippen LogP contribution in [0, 0.1) is 6.92 Å². The number of nitrogens with one attached hydrogen (secondary N) is 1. The maximum absolute atomic E-state index is 12.3. The molecule has 0 bridgehead atoms. The number of methoxy groups -OCH3 is 1. The highest BCUT2D eigenvalue weighted by Crippen LogP contribution is 2.25. The molecule has 130 valence electrons. The lowest BCUT2D eigenvalue weighted by molar-refractivity contribution is 0.0128. The van der Waals surface area contributed by atoms with E-state index in [1.165, 1.54) is 37.6 Å². The van der Waals surface area contributed by atoms with Gasteiger partial charge in [-0.1, -0.05) is 6.07 Å². The molecule has 1 N–H and O–H groups in total. The molecule has 1 fully saturated rings. The molecule has 1 aliphatic heterocycles. The van der Waals surface area contributed by atoms with Gasteiger partial charge in [0.25, 0.3) is 0 Å². The molecule has 0 spiro atoms. The van der Waals surface area contributed by atoms with Crippen LogP contribution >= 0.6 is 0 Å². The quantitative estimate of drug-likeness (QED) is 0.781. The Kier molecular flexibility index (Phi) is 5.02. The van der Waals surface area contributed by atoms with Gasteiger partial charge in [-0.3, -0.25) is 4.72 Å². The first-order chi connectivity index (χ1) is 10.6. The first-order valence-corrected chi connectivity index (χ1v) is 9.80.